The lowest BCUT2D eigenvalue weighted by Gasteiger charge is -2.35. The fraction of sp³-hybridized carbons (Fsp3) is 0.316. The zero-order valence-electron chi connectivity index (χ0n) is 13.0. The third-order valence-electron chi connectivity index (χ3n) is 4.15. The molecule has 0 atom stereocenters. The van der Waals surface area contributed by atoms with E-state index < -0.39 is 5.60 Å². The van der Waals surface area contributed by atoms with Gasteiger partial charge in [-0.05, 0) is 24.0 Å². The Labute approximate surface area is 132 Å². The first-order valence-electron chi connectivity index (χ1n) is 7.83. The highest BCUT2D eigenvalue weighted by Crippen LogP contribution is 2.34. The van der Waals surface area contributed by atoms with Crippen molar-refractivity contribution in [2.45, 2.75) is 18.4 Å². The van der Waals surface area contributed by atoms with Crippen LogP contribution in [0.3, 0.4) is 0 Å². The second-order valence-corrected chi connectivity index (χ2v) is 5.48. The van der Waals surface area contributed by atoms with E-state index in [0.717, 1.165) is 42.9 Å². The fourth-order valence-corrected chi connectivity index (χ4v) is 3.04. The first-order valence-corrected chi connectivity index (χ1v) is 7.83. The Morgan fingerprint density at radius 3 is 2.05 bits per heavy atom. The van der Waals surface area contributed by atoms with E-state index in [1.165, 1.54) is 0 Å². The van der Waals surface area contributed by atoms with E-state index in [-0.39, 0.29) is 0 Å². The van der Waals surface area contributed by atoms with Crippen LogP contribution in [0, 0.1) is 0 Å². The molecule has 0 amide bonds. The van der Waals surface area contributed by atoms with Gasteiger partial charge in [0.1, 0.15) is 5.84 Å². The van der Waals surface area contributed by atoms with Crippen LogP contribution < -0.4 is 5.32 Å². The highest BCUT2D eigenvalue weighted by molar-refractivity contribution is 5.95. The lowest BCUT2D eigenvalue weighted by molar-refractivity contribution is 0.0799. The summed E-state index contributed by atoms with van der Waals surface area (Å²) < 4.78 is 6.11. The van der Waals surface area contributed by atoms with Gasteiger partial charge in [-0.25, -0.2) is 0 Å². The minimum atomic E-state index is -0.674. The van der Waals surface area contributed by atoms with Crippen LogP contribution in [0.1, 0.15) is 24.0 Å². The van der Waals surface area contributed by atoms with Crippen LogP contribution >= 0.6 is 0 Å². The Bertz CT molecular complexity index is 583. The molecule has 3 rings (SSSR count). The van der Waals surface area contributed by atoms with E-state index in [0.29, 0.717) is 0 Å². The van der Waals surface area contributed by atoms with Gasteiger partial charge in [-0.15, -0.1) is 0 Å². The number of nitrogens with zero attached hydrogens (tertiary/aromatic N) is 1. The van der Waals surface area contributed by atoms with Crippen LogP contribution in [0.2, 0.25) is 0 Å². The Hall–Kier alpha value is -2.13. The van der Waals surface area contributed by atoms with Gasteiger partial charge in [0.25, 0.3) is 0 Å². The molecule has 0 aliphatic carbocycles. The van der Waals surface area contributed by atoms with Gasteiger partial charge in [-0.3, -0.25) is 4.99 Å². The number of methoxy groups -OCH3 is 1. The van der Waals surface area contributed by atoms with Gasteiger partial charge in [0.05, 0.1) is 0 Å². The standard InChI is InChI=1S/C19H22N2O/c1-22-19(16-10-4-2-5-11-16,17-12-6-3-7-13-17)18-20-14-8-9-15-21-18/h2-7,10-13H,8-9,14-15H2,1H3,(H,20,21). The monoisotopic (exact) mass is 294 g/mol. The molecule has 3 nitrogen and oxygen atoms in total. The van der Waals surface area contributed by atoms with Crippen molar-refractivity contribution in [3.8, 4) is 0 Å². The summed E-state index contributed by atoms with van der Waals surface area (Å²) in [6, 6.07) is 20.6. The summed E-state index contributed by atoms with van der Waals surface area (Å²) >= 11 is 0. The largest absolute Gasteiger partial charge is 0.371 e. The van der Waals surface area contributed by atoms with Crippen LogP contribution in [0.25, 0.3) is 0 Å². The number of ether oxygens (including phenoxy) is 1. The minimum Gasteiger partial charge on any atom is -0.371 e. The molecule has 22 heavy (non-hydrogen) atoms. The Kier molecular flexibility index (Phi) is 4.54. The van der Waals surface area contributed by atoms with Gasteiger partial charge >= 0.3 is 0 Å². The first-order chi connectivity index (χ1) is 10.9. The van der Waals surface area contributed by atoms with Crippen molar-refractivity contribution in [2.75, 3.05) is 20.2 Å². The molecule has 0 fully saturated rings. The topological polar surface area (TPSA) is 33.6 Å². The van der Waals surface area contributed by atoms with Gasteiger partial charge in [-0.1, -0.05) is 60.7 Å². The molecule has 114 valence electrons. The lowest BCUT2D eigenvalue weighted by Crippen LogP contribution is -2.47. The summed E-state index contributed by atoms with van der Waals surface area (Å²) in [4.78, 5) is 4.80. The molecule has 1 aliphatic rings. The summed E-state index contributed by atoms with van der Waals surface area (Å²) in [6.45, 7) is 1.77. The predicted molar refractivity (Wildman–Crippen MR) is 90.2 cm³/mol. The van der Waals surface area contributed by atoms with Gasteiger partial charge in [0, 0.05) is 20.2 Å². The van der Waals surface area contributed by atoms with E-state index >= 15 is 0 Å². The summed E-state index contributed by atoms with van der Waals surface area (Å²) in [7, 11) is 1.76. The Balaban J connectivity index is 2.18. The molecular weight excluding hydrogens is 272 g/mol. The van der Waals surface area contributed by atoms with Crippen LogP contribution in [0.4, 0.5) is 0 Å². The number of benzene rings is 2. The van der Waals surface area contributed by atoms with Gasteiger partial charge in [-0.2, -0.15) is 0 Å². The van der Waals surface area contributed by atoms with Gasteiger partial charge in [0.2, 0.25) is 0 Å². The molecule has 3 heteroatoms. The van der Waals surface area contributed by atoms with Crippen LogP contribution in [0.5, 0.6) is 0 Å². The normalized spacial score (nSPS) is 15.6. The molecule has 1 aliphatic heterocycles. The van der Waals surface area contributed by atoms with Crippen LogP contribution in [-0.2, 0) is 10.3 Å². The summed E-state index contributed by atoms with van der Waals surface area (Å²) in [5, 5.41) is 3.50. The van der Waals surface area contributed by atoms with E-state index in [1.54, 1.807) is 7.11 Å². The molecule has 0 saturated heterocycles. The number of rotatable bonds is 4. The second kappa shape index (κ2) is 6.75. The van der Waals surface area contributed by atoms with Crippen molar-refractivity contribution in [1.82, 2.24) is 5.32 Å². The number of hydrogen-bond donors (Lipinski definition) is 1. The molecule has 0 bridgehead atoms. The van der Waals surface area contributed by atoms with Crippen molar-refractivity contribution in [2.24, 2.45) is 4.99 Å². The smallest absolute Gasteiger partial charge is 0.174 e. The van der Waals surface area contributed by atoms with Gasteiger partial charge in [0.15, 0.2) is 5.60 Å². The molecule has 2 aromatic carbocycles. The Morgan fingerprint density at radius 2 is 1.50 bits per heavy atom. The number of nitrogens with one attached hydrogen (secondary N) is 1. The van der Waals surface area contributed by atoms with Crippen LogP contribution in [0.15, 0.2) is 65.7 Å². The quantitative estimate of drug-likeness (QED) is 0.938. The van der Waals surface area contributed by atoms with E-state index in [2.05, 4.69) is 29.6 Å². The molecular formula is C19H22N2O. The maximum absolute atomic E-state index is 6.11. The maximum Gasteiger partial charge on any atom is 0.174 e. The highest BCUT2D eigenvalue weighted by Gasteiger charge is 2.40. The number of aliphatic imine (C=N–C) groups is 1. The number of amidine groups is 1. The molecule has 0 aromatic heterocycles. The molecule has 1 heterocycles. The molecule has 1 N–H and O–H groups in total. The van der Waals surface area contributed by atoms with Crippen LogP contribution in [-0.4, -0.2) is 26.0 Å². The molecule has 0 spiro atoms. The van der Waals surface area contributed by atoms with Crippen molar-refractivity contribution in [1.29, 1.82) is 0 Å². The molecule has 2 aromatic rings. The maximum atomic E-state index is 6.11. The van der Waals surface area contributed by atoms with E-state index in [1.807, 2.05) is 36.4 Å². The predicted octanol–water partition coefficient (Wildman–Crippen LogP) is 3.36. The summed E-state index contributed by atoms with van der Waals surface area (Å²) in [5.41, 5.74) is 1.51. The molecule has 0 saturated carbocycles. The third-order valence-corrected chi connectivity index (χ3v) is 4.15. The molecule has 0 unspecified atom stereocenters. The average Bonchev–Trinajstić information content (AvgIpc) is 2.88. The zero-order valence-corrected chi connectivity index (χ0v) is 13.0. The van der Waals surface area contributed by atoms with Crippen molar-refractivity contribution < 1.29 is 4.74 Å². The first kappa shape index (κ1) is 14.8. The van der Waals surface area contributed by atoms with Crippen molar-refractivity contribution in [3.63, 3.8) is 0 Å². The lowest BCUT2D eigenvalue weighted by atomic mass is 9.84. The summed E-state index contributed by atoms with van der Waals surface area (Å²) in [5.74, 6) is 0.907. The average molecular weight is 294 g/mol. The SMILES string of the molecule is COC(C1=NCCCCN1)(c1ccccc1)c1ccccc1. The highest BCUT2D eigenvalue weighted by atomic mass is 16.5. The van der Waals surface area contributed by atoms with Crippen molar-refractivity contribution in [3.05, 3.63) is 71.8 Å². The van der Waals surface area contributed by atoms with Gasteiger partial charge < -0.3 is 10.1 Å². The van der Waals surface area contributed by atoms with Crippen molar-refractivity contribution >= 4 is 5.84 Å². The Morgan fingerprint density at radius 1 is 0.909 bits per heavy atom. The fourth-order valence-electron chi connectivity index (χ4n) is 3.04. The zero-order chi connectivity index (χ0) is 15.3. The summed E-state index contributed by atoms with van der Waals surface area (Å²) in [6.07, 6.45) is 2.25. The minimum absolute atomic E-state index is 0.674. The number of hydrogen-bond acceptors (Lipinski definition) is 3. The second-order valence-electron chi connectivity index (χ2n) is 5.48. The van der Waals surface area contributed by atoms with E-state index in [4.69, 9.17) is 9.73 Å². The van der Waals surface area contributed by atoms with E-state index in [9.17, 15) is 0 Å². The third kappa shape index (κ3) is 2.64. The molecule has 0 radical (unpaired) electrons.